The largest absolute Gasteiger partial charge is 0.357 e. The molecule has 32 heavy (non-hydrogen) atoms. The zero-order valence-electron chi connectivity index (χ0n) is 18.2. The van der Waals surface area contributed by atoms with Crippen molar-refractivity contribution in [1.82, 2.24) is 0 Å². The van der Waals surface area contributed by atoms with Gasteiger partial charge in [0.25, 0.3) is 0 Å². The lowest BCUT2D eigenvalue weighted by Gasteiger charge is -2.35. The molecule has 0 spiro atoms. The second-order valence-corrected chi connectivity index (χ2v) is 9.73. The van der Waals surface area contributed by atoms with Crippen LogP contribution in [0.1, 0.15) is 49.1 Å². The van der Waals surface area contributed by atoms with Crippen molar-refractivity contribution in [3.8, 4) is 0 Å². The van der Waals surface area contributed by atoms with E-state index >= 15 is 0 Å². The highest BCUT2D eigenvalue weighted by Crippen LogP contribution is 2.48. The lowest BCUT2D eigenvalue weighted by molar-refractivity contribution is -0.121. The molecule has 2 aliphatic rings. The number of rotatable bonds is 3. The van der Waals surface area contributed by atoms with Crippen molar-refractivity contribution in [2.24, 2.45) is 5.92 Å². The summed E-state index contributed by atoms with van der Waals surface area (Å²) in [6.07, 6.45) is 1.19. The average Bonchev–Trinajstić information content (AvgIpc) is 3.28. The van der Waals surface area contributed by atoms with Crippen molar-refractivity contribution in [3.05, 3.63) is 93.8 Å². The third-order valence-corrected chi connectivity index (χ3v) is 7.23. The summed E-state index contributed by atoms with van der Waals surface area (Å²) in [5, 5.41) is 5.59. The highest BCUT2D eigenvalue weighted by Gasteiger charge is 2.42. The number of nitrogens with zero attached hydrogens (tertiary/aromatic N) is 1. The van der Waals surface area contributed by atoms with Crippen LogP contribution in [0.5, 0.6) is 0 Å². The number of carbonyl (C=O) groups excluding carboxylic acids is 2. The quantitative estimate of drug-likeness (QED) is 0.517. The number of ketones is 1. The normalized spacial score (nSPS) is 20.5. The van der Waals surface area contributed by atoms with Gasteiger partial charge in [-0.1, -0.05) is 62.4 Å². The summed E-state index contributed by atoms with van der Waals surface area (Å²) in [5.41, 5.74) is 4.52. The van der Waals surface area contributed by atoms with Gasteiger partial charge in [0.1, 0.15) is 6.04 Å². The van der Waals surface area contributed by atoms with Crippen LogP contribution in [-0.4, -0.2) is 11.7 Å². The average molecular weight is 443 g/mol. The van der Waals surface area contributed by atoms with Crippen LogP contribution in [0.2, 0.25) is 0 Å². The van der Waals surface area contributed by atoms with Crippen LogP contribution in [0, 0.1) is 5.92 Å². The number of anilines is 2. The van der Waals surface area contributed by atoms with E-state index in [9.17, 15) is 9.59 Å². The number of benzene rings is 2. The molecule has 1 aliphatic carbocycles. The Labute approximate surface area is 192 Å². The maximum atomic E-state index is 13.7. The molecule has 4 nitrogen and oxygen atoms in total. The molecule has 3 aromatic rings. The fourth-order valence-corrected chi connectivity index (χ4v) is 5.61. The molecule has 1 aliphatic heterocycles. The van der Waals surface area contributed by atoms with Gasteiger partial charge in [0.2, 0.25) is 5.91 Å². The van der Waals surface area contributed by atoms with Gasteiger partial charge in [-0.2, -0.15) is 0 Å². The number of nitrogens with one attached hydrogen (secondary N) is 1. The minimum Gasteiger partial charge on any atom is -0.357 e. The first kappa shape index (κ1) is 20.7. The SMILES string of the molecule is CC(C)C(=O)N1c2ccccc2NC2=C(C(=O)C[C@@H](c3ccccc3)C2)[C@H]1c1cccs1. The molecule has 162 valence electrons. The predicted octanol–water partition coefficient (Wildman–Crippen LogP) is 6.30. The lowest BCUT2D eigenvalue weighted by atomic mass is 9.79. The molecule has 2 heterocycles. The third kappa shape index (κ3) is 3.56. The molecular weight excluding hydrogens is 416 g/mol. The van der Waals surface area contributed by atoms with Crippen LogP contribution in [-0.2, 0) is 9.59 Å². The molecule has 0 saturated carbocycles. The summed E-state index contributed by atoms with van der Waals surface area (Å²) < 4.78 is 0. The Morgan fingerprint density at radius 1 is 1.00 bits per heavy atom. The van der Waals surface area contributed by atoms with E-state index in [1.165, 1.54) is 5.56 Å². The molecule has 2 atom stereocenters. The lowest BCUT2D eigenvalue weighted by Crippen LogP contribution is -2.40. The molecule has 0 saturated heterocycles. The summed E-state index contributed by atoms with van der Waals surface area (Å²) in [7, 11) is 0. The number of carbonyl (C=O) groups is 2. The smallest absolute Gasteiger partial charge is 0.230 e. The standard InChI is InChI=1S/C27H26N2O2S/c1-17(2)27(31)29-22-12-7-6-11-20(22)28-21-15-19(18-9-4-3-5-10-18)16-23(30)25(21)26(29)24-13-8-14-32-24/h3-14,17,19,26,28H,15-16H2,1-2H3/t19-,26+/m0/s1. The van der Waals surface area contributed by atoms with E-state index in [0.29, 0.717) is 6.42 Å². The Kier molecular flexibility index (Phi) is 5.43. The molecule has 0 unspecified atom stereocenters. The van der Waals surface area contributed by atoms with Gasteiger partial charge in [-0.15, -0.1) is 11.3 Å². The van der Waals surface area contributed by atoms with E-state index in [4.69, 9.17) is 0 Å². The zero-order chi connectivity index (χ0) is 22.2. The highest BCUT2D eigenvalue weighted by molar-refractivity contribution is 7.10. The van der Waals surface area contributed by atoms with Gasteiger partial charge in [0.05, 0.1) is 11.4 Å². The molecule has 5 heteroatoms. The first-order valence-corrected chi connectivity index (χ1v) is 12.0. The molecule has 1 aromatic heterocycles. The maximum Gasteiger partial charge on any atom is 0.230 e. The van der Waals surface area contributed by atoms with Crippen molar-refractivity contribution in [1.29, 1.82) is 0 Å². The molecule has 1 N–H and O–H groups in total. The van der Waals surface area contributed by atoms with Crippen LogP contribution >= 0.6 is 11.3 Å². The van der Waals surface area contributed by atoms with Gasteiger partial charge in [0.15, 0.2) is 5.78 Å². The summed E-state index contributed by atoms with van der Waals surface area (Å²) in [4.78, 5) is 30.1. The van der Waals surface area contributed by atoms with Gasteiger partial charge in [-0.05, 0) is 41.5 Å². The van der Waals surface area contributed by atoms with Gasteiger partial charge in [-0.25, -0.2) is 0 Å². The first-order valence-electron chi connectivity index (χ1n) is 11.1. The van der Waals surface area contributed by atoms with Crippen LogP contribution in [0.3, 0.4) is 0 Å². The molecule has 0 radical (unpaired) electrons. The predicted molar refractivity (Wildman–Crippen MR) is 130 cm³/mol. The first-order chi connectivity index (χ1) is 15.5. The molecule has 5 rings (SSSR count). The third-order valence-electron chi connectivity index (χ3n) is 6.30. The van der Waals surface area contributed by atoms with E-state index in [-0.39, 0.29) is 23.5 Å². The summed E-state index contributed by atoms with van der Waals surface area (Å²) in [5.74, 6) is 0.0617. The highest BCUT2D eigenvalue weighted by atomic mass is 32.1. The number of hydrogen-bond acceptors (Lipinski definition) is 4. The topological polar surface area (TPSA) is 49.4 Å². The number of allylic oxidation sites excluding steroid dienone is 1. The Morgan fingerprint density at radius 2 is 1.75 bits per heavy atom. The van der Waals surface area contributed by atoms with E-state index in [1.807, 2.05) is 78.7 Å². The maximum absolute atomic E-state index is 13.7. The van der Waals surface area contributed by atoms with Crippen LogP contribution in [0.4, 0.5) is 11.4 Å². The Hall–Kier alpha value is -3.18. The number of fused-ring (bicyclic) bond motifs is 1. The molecule has 0 fully saturated rings. The zero-order valence-corrected chi connectivity index (χ0v) is 19.1. The minimum atomic E-state index is -0.416. The van der Waals surface area contributed by atoms with Crippen LogP contribution < -0.4 is 10.2 Å². The van der Waals surface area contributed by atoms with Crippen LogP contribution in [0.25, 0.3) is 0 Å². The summed E-state index contributed by atoms with van der Waals surface area (Å²) in [6.45, 7) is 3.83. The Morgan fingerprint density at radius 3 is 2.47 bits per heavy atom. The monoisotopic (exact) mass is 442 g/mol. The number of para-hydroxylation sites is 2. The van der Waals surface area contributed by atoms with Gasteiger partial charge < -0.3 is 5.32 Å². The second-order valence-electron chi connectivity index (χ2n) is 8.75. The van der Waals surface area contributed by atoms with Crippen molar-refractivity contribution in [2.45, 2.75) is 38.6 Å². The Bertz CT molecular complexity index is 1180. The van der Waals surface area contributed by atoms with E-state index in [1.54, 1.807) is 11.3 Å². The van der Waals surface area contributed by atoms with Gasteiger partial charge in [-0.3, -0.25) is 14.5 Å². The molecule has 0 bridgehead atoms. The summed E-state index contributed by atoms with van der Waals surface area (Å²) in [6, 6.07) is 21.7. The summed E-state index contributed by atoms with van der Waals surface area (Å²) >= 11 is 1.59. The van der Waals surface area contributed by atoms with Crippen molar-refractivity contribution >= 4 is 34.4 Å². The van der Waals surface area contributed by atoms with Gasteiger partial charge in [0, 0.05) is 28.5 Å². The van der Waals surface area contributed by atoms with E-state index in [2.05, 4.69) is 17.4 Å². The molecular formula is C27H26N2O2S. The fraction of sp³-hybridized carbons (Fsp3) is 0.259. The Balaban J connectivity index is 1.70. The molecule has 2 aromatic carbocycles. The number of thiophene rings is 1. The van der Waals surface area contributed by atoms with E-state index < -0.39 is 6.04 Å². The van der Waals surface area contributed by atoms with Gasteiger partial charge >= 0.3 is 0 Å². The fourth-order valence-electron chi connectivity index (χ4n) is 4.79. The second kappa shape index (κ2) is 8.40. The number of amides is 1. The van der Waals surface area contributed by atoms with Crippen molar-refractivity contribution in [2.75, 3.05) is 10.2 Å². The number of Topliss-reactive ketones (excluding diaryl/α,β-unsaturated/α-hetero) is 1. The molecule has 1 amide bonds. The van der Waals surface area contributed by atoms with Crippen LogP contribution in [0.15, 0.2) is 83.4 Å². The number of hydrogen-bond donors (Lipinski definition) is 1. The van der Waals surface area contributed by atoms with Crippen molar-refractivity contribution in [3.63, 3.8) is 0 Å². The minimum absolute atomic E-state index is 0.0179. The van der Waals surface area contributed by atoms with E-state index in [0.717, 1.165) is 33.9 Å². The van der Waals surface area contributed by atoms with Crippen molar-refractivity contribution < 1.29 is 9.59 Å².